The van der Waals surface area contributed by atoms with Crippen molar-refractivity contribution in [2.45, 2.75) is 62.3 Å². The number of sulfonamides is 1. The summed E-state index contributed by atoms with van der Waals surface area (Å²) in [5, 5.41) is 8.35. The molecule has 0 aromatic heterocycles. The predicted molar refractivity (Wildman–Crippen MR) is 133 cm³/mol. The molecule has 0 amide bonds. The quantitative estimate of drug-likeness (QED) is 0.638. The minimum atomic E-state index is -3.79. The summed E-state index contributed by atoms with van der Waals surface area (Å²) >= 11 is 0. The smallest absolute Gasteiger partial charge is 0.335 e. The third-order valence-electron chi connectivity index (χ3n) is 8.46. The molecular formula is C27H30N2O5S. The van der Waals surface area contributed by atoms with E-state index >= 15 is 0 Å². The zero-order chi connectivity index (χ0) is 24.6. The van der Waals surface area contributed by atoms with Crippen LogP contribution in [0.25, 0.3) is 11.1 Å². The van der Waals surface area contributed by atoms with Crippen LogP contribution in [0.4, 0.5) is 0 Å². The Labute approximate surface area is 205 Å². The van der Waals surface area contributed by atoms with Crippen LogP contribution in [0, 0.1) is 17.8 Å². The SMILES string of the molecule is CC1(C)OC(=NC23C[C@@H]4CC2C[C@@H](C4)C3)NS(=O)(=O)[C@H]1c1ccc(-c2cccc(C(=O)O)c2)cc1. The van der Waals surface area contributed by atoms with Crippen LogP contribution >= 0.6 is 0 Å². The molecule has 8 heteroatoms. The van der Waals surface area contributed by atoms with Crippen LogP contribution in [-0.2, 0) is 14.8 Å². The Bertz CT molecular complexity index is 1320. The fourth-order valence-electron chi connectivity index (χ4n) is 7.32. The van der Waals surface area contributed by atoms with E-state index in [0.717, 1.165) is 24.0 Å². The van der Waals surface area contributed by atoms with Crippen molar-refractivity contribution in [1.82, 2.24) is 4.72 Å². The van der Waals surface area contributed by atoms with Crippen LogP contribution in [0.15, 0.2) is 53.5 Å². The molecule has 4 bridgehead atoms. The van der Waals surface area contributed by atoms with Gasteiger partial charge in [-0.25, -0.2) is 22.9 Å². The van der Waals surface area contributed by atoms with Crippen LogP contribution in [0.3, 0.4) is 0 Å². The fraction of sp³-hybridized carbons (Fsp3) is 0.481. The van der Waals surface area contributed by atoms with E-state index in [-0.39, 0.29) is 17.1 Å². The largest absolute Gasteiger partial charge is 0.478 e. The molecule has 5 aliphatic rings. The number of hydrogen-bond donors (Lipinski definition) is 2. The Kier molecular flexibility index (Phi) is 4.88. The number of aromatic carboxylic acids is 1. The molecule has 1 aliphatic heterocycles. The second-order valence-corrected chi connectivity index (χ2v) is 13.1. The number of nitrogens with zero attached hydrogens (tertiary/aromatic N) is 1. The lowest BCUT2D eigenvalue weighted by molar-refractivity contribution is 0.0695. The van der Waals surface area contributed by atoms with E-state index in [1.165, 1.54) is 19.3 Å². The first-order valence-electron chi connectivity index (χ1n) is 12.3. The normalized spacial score (nSPS) is 35.0. The lowest BCUT2D eigenvalue weighted by Crippen LogP contribution is -2.54. The first-order chi connectivity index (χ1) is 16.5. The number of amidine groups is 1. The van der Waals surface area contributed by atoms with Crippen molar-refractivity contribution in [3.05, 3.63) is 59.7 Å². The zero-order valence-corrected chi connectivity index (χ0v) is 20.7. The first kappa shape index (κ1) is 22.6. The number of carboxylic acid groups (broad SMARTS) is 1. The number of carbonyl (C=O) groups is 1. The molecule has 0 radical (unpaired) electrons. The van der Waals surface area contributed by atoms with Crippen molar-refractivity contribution in [2.75, 3.05) is 0 Å². The number of carboxylic acids is 1. The average Bonchev–Trinajstić information content (AvgIpc) is 3.15. The summed E-state index contributed by atoms with van der Waals surface area (Å²) in [6.45, 7) is 3.59. The number of benzene rings is 2. The van der Waals surface area contributed by atoms with Crippen molar-refractivity contribution in [3.63, 3.8) is 0 Å². The third-order valence-corrected chi connectivity index (χ3v) is 10.4. The molecule has 35 heavy (non-hydrogen) atoms. The maximum absolute atomic E-state index is 13.5. The Hall–Kier alpha value is -2.87. The molecular weight excluding hydrogens is 464 g/mol. The average molecular weight is 495 g/mol. The Balaban J connectivity index is 1.28. The van der Waals surface area contributed by atoms with Gasteiger partial charge < -0.3 is 9.84 Å². The molecule has 1 heterocycles. The van der Waals surface area contributed by atoms with Gasteiger partial charge in [-0.2, -0.15) is 0 Å². The van der Waals surface area contributed by atoms with Crippen LogP contribution in [-0.4, -0.2) is 36.7 Å². The van der Waals surface area contributed by atoms with Gasteiger partial charge in [-0.1, -0.05) is 36.4 Å². The Morgan fingerprint density at radius 2 is 1.71 bits per heavy atom. The number of hydrogen-bond acceptors (Lipinski definition) is 5. The fourth-order valence-corrected chi connectivity index (χ4v) is 9.08. The van der Waals surface area contributed by atoms with Crippen LogP contribution in [0.1, 0.15) is 67.1 Å². The van der Waals surface area contributed by atoms with Gasteiger partial charge in [0, 0.05) is 0 Å². The lowest BCUT2D eigenvalue weighted by Gasteiger charge is -2.40. The minimum Gasteiger partial charge on any atom is -0.478 e. The van der Waals surface area contributed by atoms with Crippen LogP contribution < -0.4 is 4.72 Å². The summed E-state index contributed by atoms with van der Waals surface area (Å²) in [5.74, 6) is 0.984. The van der Waals surface area contributed by atoms with Crippen molar-refractivity contribution in [3.8, 4) is 11.1 Å². The summed E-state index contributed by atoms with van der Waals surface area (Å²) in [6, 6.07) is 14.0. The van der Waals surface area contributed by atoms with Gasteiger partial charge in [-0.3, -0.25) is 0 Å². The molecule has 2 N–H and O–H groups in total. The summed E-state index contributed by atoms with van der Waals surface area (Å²) in [7, 11) is -3.79. The third kappa shape index (κ3) is 3.73. The predicted octanol–water partition coefficient (Wildman–Crippen LogP) is 4.76. The van der Waals surface area contributed by atoms with Crippen LogP contribution in [0.2, 0.25) is 0 Å². The van der Waals surface area contributed by atoms with E-state index in [4.69, 9.17) is 9.73 Å². The van der Waals surface area contributed by atoms with Gasteiger partial charge in [0.15, 0.2) is 0 Å². The van der Waals surface area contributed by atoms with E-state index in [1.807, 2.05) is 18.2 Å². The summed E-state index contributed by atoms with van der Waals surface area (Å²) < 4.78 is 35.9. The van der Waals surface area contributed by atoms with Crippen molar-refractivity contribution in [2.24, 2.45) is 22.7 Å². The van der Waals surface area contributed by atoms with Gasteiger partial charge in [-0.05, 0) is 92.5 Å². The van der Waals surface area contributed by atoms with E-state index in [1.54, 1.807) is 44.2 Å². The summed E-state index contributed by atoms with van der Waals surface area (Å²) in [6.07, 6.45) is 5.77. The van der Waals surface area contributed by atoms with E-state index in [2.05, 4.69) is 4.72 Å². The monoisotopic (exact) mass is 494 g/mol. The molecule has 2 aromatic rings. The van der Waals surface area contributed by atoms with Crippen molar-refractivity contribution < 1.29 is 23.1 Å². The maximum Gasteiger partial charge on any atom is 0.335 e. The molecule has 4 aliphatic carbocycles. The first-order valence-corrected chi connectivity index (χ1v) is 13.8. The number of rotatable bonds is 4. The highest BCUT2D eigenvalue weighted by molar-refractivity contribution is 7.90. The molecule has 7 rings (SSSR count). The number of ether oxygens (including phenoxy) is 1. The van der Waals surface area contributed by atoms with Gasteiger partial charge in [0.05, 0.1) is 11.1 Å². The molecule has 2 aromatic carbocycles. The molecule has 5 fully saturated rings. The second-order valence-electron chi connectivity index (χ2n) is 11.3. The molecule has 2 unspecified atom stereocenters. The topological polar surface area (TPSA) is 105 Å². The highest BCUT2D eigenvalue weighted by Crippen LogP contribution is 2.62. The summed E-state index contributed by atoms with van der Waals surface area (Å²) in [5.41, 5.74) is 1.20. The van der Waals surface area contributed by atoms with E-state index in [0.29, 0.717) is 23.3 Å². The zero-order valence-electron chi connectivity index (χ0n) is 19.9. The molecule has 0 spiro atoms. The van der Waals surface area contributed by atoms with E-state index in [9.17, 15) is 18.3 Å². The standard InChI is InChI=1S/C27H30N2O5S/c1-26(2)23(19-8-6-18(7-9-19)20-4-3-5-21(13-20)24(30)31)35(32,33)29-25(34-26)28-27-14-16-10-17(15-27)12-22(27)11-16/h3-9,13,16-17,22-23H,10-12,14-15H2,1-2H3,(H,28,29)(H,30,31)/t16-,17+,22?,23-,27?/m0/s1. The van der Waals surface area contributed by atoms with Gasteiger partial charge in [-0.15, -0.1) is 0 Å². The Morgan fingerprint density at radius 1 is 1.03 bits per heavy atom. The van der Waals surface area contributed by atoms with Crippen LogP contribution in [0.5, 0.6) is 0 Å². The molecule has 7 nitrogen and oxygen atoms in total. The van der Waals surface area contributed by atoms with E-state index < -0.39 is 26.8 Å². The second kappa shape index (κ2) is 7.56. The Morgan fingerprint density at radius 3 is 2.34 bits per heavy atom. The molecule has 5 atom stereocenters. The minimum absolute atomic E-state index is 0.140. The van der Waals surface area contributed by atoms with Gasteiger partial charge in [0.25, 0.3) is 6.02 Å². The highest BCUT2D eigenvalue weighted by atomic mass is 32.2. The highest BCUT2D eigenvalue weighted by Gasteiger charge is 2.59. The van der Waals surface area contributed by atoms with Gasteiger partial charge in [0.2, 0.25) is 10.0 Å². The molecule has 4 saturated carbocycles. The lowest BCUT2D eigenvalue weighted by atomic mass is 9.81. The molecule has 184 valence electrons. The number of nitrogens with one attached hydrogen (secondary N) is 1. The summed E-state index contributed by atoms with van der Waals surface area (Å²) in [4.78, 5) is 16.3. The van der Waals surface area contributed by atoms with Crippen molar-refractivity contribution >= 4 is 22.0 Å². The maximum atomic E-state index is 13.5. The van der Waals surface area contributed by atoms with Gasteiger partial charge in [0.1, 0.15) is 10.9 Å². The number of aliphatic imine (C=N–C) groups is 1. The van der Waals surface area contributed by atoms with Gasteiger partial charge >= 0.3 is 5.97 Å². The van der Waals surface area contributed by atoms with Crippen molar-refractivity contribution in [1.29, 1.82) is 0 Å². The molecule has 1 saturated heterocycles.